The van der Waals surface area contributed by atoms with Crippen LogP contribution in [0.25, 0.3) is 21.1 Å². The van der Waals surface area contributed by atoms with Gasteiger partial charge >= 0.3 is 5.63 Å². The second-order valence-corrected chi connectivity index (χ2v) is 7.57. The van der Waals surface area contributed by atoms with Crippen molar-refractivity contribution < 1.29 is 13.9 Å². The van der Waals surface area contributed by atoms with Gasteiger partial charge in [-0.25, -0.2) is 4.79 Å². The van der Waals surface area contributed by atoms with Gasteiger partial charge in [-0.05, 0) is 47.9 Å². The maximum absolute atomic E-state index is 12.7. The number of thiophene rings is 1. The van der Waals surface area contributed by atoms with Crippen molar-refractivity contribution in [3.8, 4) is 5.75 Å². The summed E-state index contributed by atoms with van der Waals surface area (Å²) in [5.41, 5.74) is 0.832. The molecular weight excluding hydrogens is 374 g/mol. The van der Waals surface area contributed by atoms with Crippen LogP contribution in [0.1, 0.15) is 22.8 Å². The monoisotopic (exact) mass is 393 g/mol. The SMILES string of the molecule is COc1cccc2cc(C(=O)N[C@H](C)Cc3csc4ccccc34)c(=O)oc12. The van der Waals surface area contributed by atoms with E-state index in [1.165, 1.54) is 22.8 Å². The molecule has 2 aromatic heterocycles. The van der Waals surface area contributed by atoms with Crippen molar-refractivity contribution in [3.63, 3.8) is 0 Å². The van der Waals surface area contributed by atoms with Gasteiger partial charge in [0.2, 0.25) is 0 Å². The van der Waals surface area contributed by atoms with Gasteiger partial charge in [-0.2, -0.15) is 0 Å². The molecule has 4 rings (SSSR count). The summed E-state index contributed by atoms with van der Waals surface area (Å²) >= 11 is 1.69. The molecule has 0 fully saturated rings. The standard InChI is InChI=1S/C22H19NO4S/c1-13(10-15-12-28-19-9-4-3-7-16(15)19)23-21(24)17-11-14-6-5-8-18(26-2)20(14)27-22(17)25/h3-9,11-13H,10H2,1-2H3,(H,23,24)/t13-/m1/s1. The largest absolute Gasteiger partial charge is 0.493 e. The fourth-order valence-corrected chi connectivity index (χ4v) is 4.29. The fourth-order valence-electron chi connectivity index (χ4n) is 3.31. The number of carbonyl (C=O) groups excluding carboxylic acids is 1. The summed E-state index contributed by atoms with van der Waals surface area (Å²) in [5, 5.41) is 6.86. The van der Waals surface area contributed by atoms with E-state index >= 15 is 0 Å². The maximum atomic E-state index is 12.7. The van der Waals surface area contributed by atoms with Gasteiger partial charge in [0.05, 0.1) is 7.11 Å². The summed E-state index contributed by atoms with van der Waals surface area (Å²) in [4.78, 5) is 25.0. The number of para-hydroxylation sites is 1. The Morgan fingerprint density at radius 3 is 2.86 bits per heavy atom. The van der Waals surface area contributed by atoms with E-state index in [9.17, 15) is 9.59 Å². The summed E-state index contributed by atoms with van der Waals surface area (Å²) in [5.74, 6) is 0.0183. The normalized spacial score (nSPS) is 12.2. The summed E-state index contributed by atoms with van der Waals surface area (Å²) in [6.45, 7) is 1.93. The summed E-state index contributed by atoms with van der Waals surface area (Å²) < 4.78 is 11.8. The van der Waals surface area contributed by atoms with Crippen LogP contribution in [0.2, 0.25) is 0 Å². The van der Waals surface area contributed by atoms with E-state index in [1.807, 2.05) is 19.1 Å². The Kier molecular flexibility index (Phi) is 4.88. The van der Waals surface area contributed by atoms with E-state index in [0.717, 1.165) is 0 Å². The number of nitrogens with one attached hydrogen (secondary N) is 1. The average molecular weight is 393 g/mol. The zero-order valence-corrected chi connectivity index (χ0v) is 16.3. The van der Waals surface area contributed by atoms with Crippen LogP contribution < -0.4 is 15.7 Å². The Balaban J connectivity index is 1.56. The lowest BCUT2D eigenvalue weighted by molar-refractivity contribution is 0.0936. The first kappa shape index (κ1) is 18.3. The number of methoxy groups -OCH3 is 1. The van der Waals surface area contributed by atoms with Gasteiger partial charge in [-0.1, -0.05) is 30.3 Å². The molecule has 5 nitrogen and oxygen atoms in total. The van der Waals surface area contributed by atoms with Gasteiger partial charge in [0.25, 0.3) is 5.91 Å². The van der Waals surface area contributed by atoms with Crippen LogP contribution in [0.4, 0.5) is 0 Å². The van der Waals surface area contributed by atoms with Crippen molar-refractivity contribution >= 4 is 38.3 Å². The van der Waals surface area contributed by atoms with Crippen molar-refractivity contribution in [2.45, 2.75) is 19.4 Å². The first-order valence-electron chi connectivity index (χ1n) is 8.93. The van der Waals surface area contributed by atoms with Gasteiger partial charge in [0.1, 0.15) is 5.56 Å². The molecule has 1 N–H and O–H groups in total. The number of benzene rings is 2. The van der Waals surface area contributed by atoms with Crippen molar-refractivity contribution in [2.75, 3.05) is 7.11 Å². The predicted molar refractivity (Wildman–Crippen MR) is 111 cm³/mol. The Morgan fingerprint density at radius 2 is 2.04 bits per heavy atom. The van der Waals surface area contributed by atoms with E-state index in [-0.39, 0.29) is 11.6 Å². The predicted octanol–water partition coefficient (Wildman–Crippen LogP) is 4.38. The van der Waals surface area contributed by atoms with Crippen molar-refractivity contribution in [1.29, 1.82) is 0 Å². The summed E-state index contributed by atoms with van der Waals surface area (Å²) in [7, 11) is 1.51. The van der Waals surface area contributed by atoms with Crippen LogP contribution in [0.3, 0.4) is 0 Å². The number of carbonyl (C=O) groups is 1. The molecule has 142 valence electrons. The van der Waals surface area contributed by atoms with E-state index in [1.54, 1.807) is 35.6 Å². The molecule has 0 spiro atoms. The molecule has 0 radical (unpaired) electrons. The quantitative estimate of drug-likeness (QED) is 0.511. The molecule has 0 bridgehead atoms. The number of fused-ring (bicyclic) bond motifs is 2. The third-order valence-electron chi connectivity index (χ3n) is 4.65. The molecule has 28 heavy (non-hydrogen) atoms. The molecule has 2 heterocycles. The molecule has 1 atom stereocenters. The topological polar surface area (TPSA) is 68.5 Å². The van der Waals surface area contributed by atoms with Crippen molar-refractivity contribution in [1.82, 2.24) is 5.32 Å². The number of hydrogen-bond acceptors (Lipinski definition) is 5. The molecule has 0 saturated carbocycles. The minimum atomic E-state index is -0.678. The lowest BCUT2D eigenvalue weighted by Gasteiger charge is -2.13. The van der Waals surface area contributed by atoms with Gasteiger partial charge in [0, 0.05) is 16.1 Å². The molecule has 4 aromatic rings. The first-order chi connectivity index (χ1) is 13.6. The Hall–Kier alpha value is -3.12. The first-order valence-corrected chi connectivity index (χ1v) is 9.81. The lowest BCUT2D eigenvalue weighted by Crippen LogP contribution is -2.36. The smallest absolute Gasteiger partial charge is 0.349 e. The Morgan fingerprint density at radius 1 is 1.21 bits per heavy atom. The minimum absolute atomic E-state index is 0.0113. The molecular formula is C22H19NO4S. The highest BCUT2D eigenvalue weighted by molar-refractivity contribution is 7.17. The zero-order valence-electron chi connectivity index (χ0n) is 15.5. The van der Waals surface area contributed by atoms with Crippen molar-refractivity contribution in [3.05, 3.63) is 75.5 Å². The molecule has 0 aliphatic carbocycles. The van der Waals surface area contributed by atoms with E-state index in [0.29, 0.717) is 23.1 Å². The van der Waals surface area contributed by atoms with Crippen LogP contribution in [0.5, 0.6) is 5.75 Å². The van der Waals surface area contributed by atoms with Gasteiger partial charge in [0.15, 0.2) is 11.3 Å². The summed E-state index contributed by atoms with van der Waals surface area (Å²) in [6.07, 6.45) is 0.683. The van der Waals surface area contributed by atoms with Crippen LogP contribution in [0.15, 0.2) is 63.1 Å². The lowest BCUT2D eigenvalue weighted by atomic mass is 10.1. The second kappa shape index (κ2) is 7.48. The highest BCUT2D eigenvalue weighted by atomic mass is 32.1. The number of hydrogen-bond donors (Lipinski definition) is 1. The molecule has 1 amide bonds. The second-order valence-electron chi connectivity index (χ2n) is 6.66. The van der Waals surface area contributed by atoms with E-state index < -0.39 is 11.5 Å². The van der Waals surface area contributed by atoms with Gasteiger partial charge < -0.3 is 14.5 Å². The van der Waals surface area contributed by atoms with E-state index in [2.05, 4.69) is 22.8 Å². The third kappa shape index (κ3) is 3.39. The Labute approximate surface area is 165 Å². The third-order valence-corrected chi connectivity index (χ3v) is 5.67. The van der Waals surface area contributed by atoms with Crippen LogP contribution >= 0.6 is 11.3 Å². The number of ether oxygens (including phenoxy) is 1. The van der Waals surface area contributed by atoms with Gasteiger partial charge in [-0.15, -0.1) is 11.3 Å². The molecule has 0 unspecified atom stereocenters. The number of rotatable bonds is 5. The van der Waals surface area contributed by atoms with Crippen LogP contribution in [0, 0.1) is 0 Å². The highest BCUT2D eigenvalue weighted by Gasteiger charge is 2.18. The molecule has 0 aliphatic rings. The van der Waals surface area contributed by atoms with Gasteiger partial charge in [-0.3, -0.25) is 4.79 Å². The fraction of sp³-hybridized carbons (Fsp3) is 0.182. The van der Waals surface area contributed by atoms with Crippen molar-refractivity contribution in [2.24, 2.45) is 0 Å². The molecule has 2 aromatic carbocycles. The summed E-state index contributed by atoms with van der Waals surface area (Å²) in [6, 6.07) is 14.9. The molecule has 0 aliphatic heterocycles. The minimum Gasteiger partial charge on any atom is -0.493 e. The van der Waals surface area contributed by atoms with E-state index in [4.69, 9.17) is 9.15 Å². The Bertz CT molecular complexity index is 1220. The highest BCUT2D eigenvalue weighted by Crippen LogP contribution is 2.27. The van der Waals surface area contributed by atoms with Crippen LogP contribution in [-0.2, 0) is 6.42 Å². The zero-order chi connectivity index (χ0) is 19.7. The molecule has 6 heteroatoms. The molecule has 0 saturated heterocycles. The van der Waals surface area contributed by atoms with Crippen LogP contribution in [-0.4, -0.2) is 19.1 Å². The maximum Gasteiger partial charge on any atom is 0.349 e. The average Bonchev–Trinajstić information content (AvgIpc) is 3.09. The number of amides is 1.